The Morgan fingerprint density at radius 2 is 2.33 bits per heavy atom. The Bertz CT molecular complexity index is 231. The van der Waals surface area contributed by atoms with E-state index in [0.29, 0.717) is 0 Å². The third kappa shape index (κ3) is 1.75. The van der Waals surface area contributed by atoms with Crippen LogP contribution in [-0.4, -0.2) is 10.5 Å². The van der Waals surface area contributed by atoms with Crippen molar-refractivity contribution >= 4 is 44.7 Å². The highest BCUT2D eigenvalue weighted by molar-refractivity contribution is 14.1. The predicted molar refractivity (Wildman–Crippen MR) is 49.4 cm³/mol. The number of halogens is 1. The standard InChI is InChI=1S/C5H5IOS2/c1-9(7)5-3-8-2-4(5)6/h2-3H,1H3. The average Bonchev–Trinajstić information content (AvgIpc) is 2.13. The molecule has 0 aliphatic carbocycles. The fraction of sp³-hybridized carbons (Fsp3) is 0.200. The quantitative estimate of drug-likeness (QED) is 0.715. The van der Waals surface area contributed by atoms with Crippen molar-refractivity contribution in [1.82, 2.24) is 0 Å². The molecule has 0 saturated carbocycles. The van der Waals surface area contributed by atoms with Gasteiger partial charge in [0.25, 0.3) is 0 Å². The van der Waals surface area contributed by atoms with Crippen LogP contribution in [0.3, 0.4) is 0 Å². The number of thiophene rings is 1. The predicted octanol–water partition coefficient (Wildman–Crippen LogP) is 2.09. The van der Waals surface area contributed by atoms with Gasteiger partial charge in [0.15, 0.2) is 0 Å². The van der Waals surface area contributed by atoms with Crippen LogP contribution in [-0.2, 0) is 10.8 Å². The molecule has 0 radical (unpaired) electrons. The van der Waals surface area contributed by atoms with Crippen LogP contribution in [0.4, 0.5) is 0 Å². The fourth-order valence-corrected chi connectivity index (χ4v) is 3.89. The Morgan fingerprint density at radius 3 is 2.56 bits per heavy atom. The SMILES string of the molecule is CS(=O)c1cscc1I. The van der Waals surface area contributed by atoms with E-state index in [2.05, 4.69) is 22.6 Å². The summed E-state index contributed by atoms with van der Waals surface area (Å²) in [6.07, 6.45) is 1.70. The van der Waals surface area contributed by atoms with E-state index in [1.54, 1.807) is 17.6 Å². The van der Waals surface area contributed by atoms with E-state index in [1.807, 2.05) is 10.8 Å². The molecule has 1 rings (SSSR count). The van der Waals surface area contributed by atoms with Gasteiger partial charge in [-0.1, -0.05) is 0 Å². The first-order valence-corrected chi connectivity index (χ1v) is 5.85. The highest BCUT2D eigenvalue weighted by Crippen LogP contribution is 2.19. The van der Waals surface area contributed by atoms with Crippen LogP contribution >= 0.6 is 33.9 Å². The molecule has 1 nitrogen and oxygen atoms in total. The molecule has 1 aromatic heterocycles. The van der Waals surface area contributed by atoms with Gasteiger partial charge in [0, 0.05) is 20.6 Å². The minimum atomic E-state index is -0.806. The Hall–Kier alpha value is 0.580. The summed E-state index contributed by atoms with van der Waals surface area (Å²) in [5, 5.41) is 3.93. The van der Waals surface area contributed by atoms with E-state index >= 15 is 0 Å². The minimum absolute atomic E-state index is 0.806. The molecule has 0 aliphatic heterocycles. The first-order chi connectivity index (χ1) is 4.22. The molecular formula is C5H5IOS2. The normalized spacial score (nSPS) is 13.6. The summed E-state index contributed by atoms with van der Waals surface area (Å²) in [5.41, 5.74) is 0. The van der Waals surface area contributed by atoms with Crippen molar-refractivity contribution < 1.29 is 4.21 Å². The fourth-order valence-electron chi connectivity index (χ4n) is 0.475. The molecule has 0 fully saturated rings. The molecule has 0 N–H and O–H groups in total. The molecule has 0 aliphatic rings. The van der Waals surface area contributed by atoms with Crippen LogP contribution in [0.15, 0.2) is 15.7 Å². The molecule has 1 heterocycles. The molecule has 0 aromatic carbocycles. The van der Waals surface area contributed by atoms with Gasteiger partial charge in [0.2, 0.25) is 0 Å². The van der Waals surface area contributed by atoms with Gasteiger partial charge < -0.3 is 0 Å². The van der Waals surface area contributed by atoms with E-state index in [0.717, 1.165) is 8.47 Å². The second-order valence-electron chi connectivity index (χ2n) is 1.54. The Kier molecular flexibility index (Phi) is 2.66. The summed E-state index contributed by atoms with van der Waals surface area (Å²) < 4.78 is 11.9. The smallest absolute Gasteiger partial charge is 0.0625 e. The lowest BCUT2D eigenvalue weighted by molar-refractivity contribution is 0.687. The number of rotatable bonds is 1. The van der Waals surface area contributed by atoms with Gasteiger partial charge in [-0.05, 0) is 22.6 Å². The first-order valence-electron chi connectivity index (χ1n) is 2.27. The zero-order valence-corrected chi connectivity index (χ0v) is 8.55. The van der Waals surface area contributed by atoms with E-state index in [1.165, 1.54) is 0 Å². The average molecular weight is 272 g/mol. The summed E-state index contributed by atoms with van der Waals surface area (Å²) in [4.78, 5) is 0.959. The molecule has 50 valence electrons. The van der Waals surface area contributed by atoms with Crippen molar-refractivity contribution in [2.45, 2.75) is 4.90 Å². The third-order valence-corrected chi connectivity index (χ3v) is 4.42. The molecule has 4 heteroatoms. The van der Waals surface area contributed by atoms with Crippen LogP contribution in [0.25, 0.3) is 0 Å². The maximum atomic E-state index is 10.8. The highest BCUT2D eigenvalue weighted by atomic mass is 127. The Labute approximate surface area is 74.1 Å². The molecule has 0 bridgehead atoms. The van der Waals surface area contributed by atoms with Gasteiger partial charge in [0.1, 0.15) is 0 Å². The minimum Gasteiger partial charge on any atom is -0.255 e. The van der Waals surface area contributed by atoms with Gasteiger partial charge in [-0.15, -0.1) is 0 Å². The summed E-state index contributed by atoms with van der Waals surface area (Å²) in [6.45, 7) is 0. The first kappa shape index (κ1) is 7.68. The lowest BCUT2D eigenvalue weighted by Crippen LogP contribution is -1.84. The van der Waals surface area contributed by atoms with Crippen LogP contribution in [0.5, 0.6) is 0 Å². The monoisotopic (exact) mass is 272 g/mol. The molecule has 0 amide bonds. The van der Waals surface area contributed by atoms with Gasteiger partial charge >= 0.3 is 0 Å². The van der Waals surface area contributed by atoms with Crippen molar-refractivity contribution in [3.8, 4) is 0 Å². The van der Waals surface area contributed by atoms with E-state index in [9.17, 15) is 4.21 Å². The molecule has 0 saturated heterocycles. The van der Waals surface area contributed by atoms with Crippen LogP contribution < -0.4 is 0 Å². The number of hydrogen-bond acceptors (Lipinski definition) is 2. The lowest BCUT2D eigenvalue weighted by Gasteiger charge is -1.87. The summed E-state index contributed by atoms with van der Waals surface area (Å²) in [7, 11) is -0.806. The molecule has 0 spiro atoms. The second-order valence-corrected chi connectivity index (χ2v) is 4.79. The van der Waals surface area contributed by atoms with E-state index in [4.69, 9.17) is 0 Å². The number of hydrogen-bond donors (Lipinski definition) is 0. The zero-order valence-electron chi connectivity index (χ0n) is 4.76. The van der Waals surface area contributed by atoms with Crippen molar-refractivity contribution in [1.29, 1.82) is 0 Å². The summed E-state index contributed by atoms with van der Waals surface area (Å²) in [6, 6.07) is 0. The van der Waals surface area contributed by atoms with Gasteiger partial charge in [0.05, 0.1) is 15.7 Å². The van der Waals surface area contributed by atoms with Crippen molar-refractivity contribution in [2.75, 3.05) is 6.26 Å². The lowest BCUT2D eigenvalue weighted by atomic mass is 10.7. The van der Waals surface area contributed by atoms with Gasteiger partial charge in [-0.25, -0.2) is 0 Å². The summed E-state index contributed by atoms with van der Waals surface area (Å²) in [5.74, 6) is 0. The topological polar surface area (TPSA) is 17.1 Å². The second kappa shape index (κ2) is 3.12. The van der Waals surface area contributed by atoms with Gasteiger partial charge in [-0.2, -0.15) is 11.3 Å². The maximum Gasteiger partial charge on any atom is 0.0625 e. The van der Waals surface area contributed by atoms with Crippen LogP contribution in [0.2, 0.25) is 0 Å². The largest absolute Gasteiger partial charge is 0.255 e. The van der Waals surface area contributed by atoms with Crippen molar-refractivity contribution in [3.63, 3.8) is 0 Å². The Balaban J connectivity index is 3.08. The zero-order chi connectivity index (χ0) is 6.85. The van der Waals surface area contributed by atoms with Gasteiger partial charge in [-0.3, -0.25) is 4.21 Å². The molecule has 1 atom stereocenters. The molecular weight excluding hydrogens is 267 g/mol. The maximum absolute atomic E-state index is 10.8. The summed E-state index contributed by atoms with van der Waals surface area (Å²) >= 11 is 3.78. The van der Waals surface area contributed by atoms with E-state index in [-0.39, 0.29) is 0 Å². The third-order valence-electron chi connectivity index (χ3n) is 0.892. The van der Waals surface area contributed by atoms with Crippen LogP contribution in [0, 0.1) is 3.57 Å². The Morgan fingerprint density at radius 1 is 1.67 bits per heavy atom. The molecule has 9 heavy (non-hydrogen) atoms. The molecule has 1 aromatic rings. The van der Waals surface area contributed by atoms with E-state index < -0.39 is 10.8 Å². The van der Waals surface area contributed by atoms with Crippen LogP contribution in [0.1, 0.15) is 0 Å². The molecule has 1 unspecified atom stereocenters. The van der Waals surface area contributed by atoms with Crippen molar-refractivity contribution in [2.24, 2.45) is 0 Å². The van der Waals surface area contributed by atoms with Crippen molar-refractivity contribution in [3.05, 3.63) is 14.3 Å². The highest BCUT2D eigenvalue weighted by Gasteiger charge is 2.02.